The van der Waals surface area contributed by atoms with Crippen LogP contribution >= 0.6 is 11.6 Å². The van der Waals surface area contributed by atoms with Crippen LogP contribution in [0.1, 0.15) is 25.1 Å². The number of aromatic nitrogens is 1. The summed E-state index contributed by atoms with van der Waals surface area (Å²) in [4.78, 5) is 27.8. The maximum atomic E-state index is 12.0. The largest absolute Gasteiger partial charge is 0.455 e. The van der Waals surface area contributed by atoms with Crippen molar-refractivity contribution in [2.24, 2.45) is 5.10 Å². The van der Waals surface area contributed by atoms with Gasteiger partial charge in [0.05, 0.1) is 22.8 Å². The van der Waals surface area contributed by atoms with Gasteiger partial charge in [-0.25, -0.2) is 4.79 Å². The van der Waals surface area contributed by atoms with Crippen LogP contribution in [0.15, 0.2) is 47.6 Å². The summed E-state index contributed by atoms with van der Waals surface area (Å²) >= 11 is 6.49. The standard InChI is InChI=1S/C24H22ClN5O4/c1-4-15-10-17(29-30-21(13-26)23(31)28-24(32)33-5-2)12-19(25)22(15)34-18-8-9-20-16(11-18)7-6-14(3)27-20/h6-12,29H,4-5H2,1-3H3,(H,28,31,32)/b30-21+. The van der Waals surface area contributed by atoms with Crippen LogP contribution in [0.4, 0.5) is 10.5 Å². The summed E-state index contributed by atoms with van der Waals surface area (Å²) in [5.74, 6) is 0.103. The van der Waals surface area contributed by atoms with Gasteiger partial charge in [-0.1, -0.05) is 24.6 Å². The van der Waals surface area contributed by atoms with Crippen molar-refractivity contribution in [2.45, 2.75) is 27.2 Å². The first-order valence-electron chi connectivity index (χ1n) is 10.4. The summed E-state index contributed by atoms with van der Waals surface area (Å²) in [7, 11) is 0. The van der Waals surface area contributed by atoms with E-state index in [0.29, 0.717) is 28.6 Å². The Labute approximate surface area is 201 Å². The van der Waals surface area contributed by atoms with Crippen molar-refractivity contribution < 1.29 is 19.1 Å². The van der Waals surface area contributed by atoms with Gasteiger partial charge in [0.15, 0.2) is 0 Å². The third-order valence-electron chi connectivity index (χ3n) is 4.63. The Balaban J connectivity index is 1.81. The molecule has 3 rings (SSSR count). The van der Waals surface area contributed by atoms with E-state index < -0.39 is 17.7 Å². The van der Waals surface area contributed by atoms with Gasteiger partial charge in [0, 0.05) is 11.1 Å². The molecule has 0 saturated heterocycles. The highest BCUT2D eigenvalue weighted by atomic mass is 35.5. The van der Waals surface area contributed by atoms with Gasteiger partial charge in [-0.05, 0) is 62.2 Å². The molecule has 2 N–H and O–H groups in total. The summed E-state index contributed by atoms with van der Waals surface area (Å²) < 4.78 is 10.7. The molecule has 1 heterocycles. The van der Waals surface area contributed by atoms with Crippen molar-refractivity contribution in [2.75, 3.05) is 12.0 Å². The summed E-state index contributed by atoms with van der Waals surface area (Å²) in [6, 6.07) is 14.4. The maximum absolute atomic E-state index is 12.0. The van der Waals surface area contributed by atoms with E-state index in [4.69, 9.17) is 16.3 Å². The van der Waals surface area contributed by atoms with Crippen molar-refractivity contribution in [3.8, 4) is 17.6 Å². The van der Waals surface area contributed by atoms with Crippen LogP contribution < -0.4 is 15.5 Å². The van der Waals surface area contributed by atoms with Crippen LogP contribution in [-0.2, 0) is 16.0 Å². The predicted molar refractivity (Wildman–Crippen MR) is 129 cm³/mol. The molecule has 0 unspecified atom stereocenters. The van der Waals surface area contributed by atoms with Crippen LogP contribution in [0.3, 0.4) is 0 Å². The second-order valence-corrected chi connectivity index (χ2v) is 7.47. The molecule has 9 nitrogen and oxygen atoms in total. The number of anilines is 1. The first-order chi connectivity index (χ1) is 16.3. The fourth-order valence-electron chi connectivity index (χ4n) is 3.04. The van der Waals surface area contributed by atoms with Crippen LogP contribution in [0.2, 0.25) is 5.02 Å². The number of hydrazone groups is 1. The highest BCUT2D eigenvalue weighted by Gasteiger charge is 2.16. The van der Waals surface area contributed by atoms with E-state index >= 15 is 0 Å². The maximum Gasteiger partial charge on any atom is 0.414 e. The lowest BCUT2D eigenvalue weighted by Crippen LogP contribution is -2.36. The summed E-state index contributed by atoms with van der Waals surface area (Å²) in [5, 5.41) is 16.1. The highest BCUT2D eigenvalue weighted by Crippen LogP contribution is 2.37. The molecule has 0 aliphatic heterocycles. The molecule has 0 bridgehead atoms. The number of carbonyl (C=O) groups is 2. The van der Waals surface area contributed by atoms with Crippen LogP contribution in [0, 0.1) is 18.3 Å². The summed E-state index contributed by atoms with van der Waals surface area (Å²) in [6.07, 6.45) is -0.371. The average Bonchev–Trinajstić information content (AvgIpc) is 2.81. The first kappa shape index (κ1) is 24.5. The number of benzene rings is 2. The zero-order valence-electron chi connectivity index (χ0n) is 18.8. The Morgan fingerprint density at radius 2 is 1.97 bits per heavy atom. The molecule has 0 atom stereocenters. The Morgan fingerprint density at radius 3 is 2.68 bits per heavy atom. The number of imide groups is 1. The Hall–Kier alpha value is -4.16. The number of nitriles is 1. The van der Waals surface area contributed by atoms with Gasteiger partial charge in [-0.2, -0.15) is 10.4 Å². The fourth-order valence-corrected chi connectivity index (χ4v) is 3.32. The number of hydrogen-bond donors (Lipinski definition) is 2. The highest BCUT2D eigenvalue weighted by molar-refractivity contribution is 6.46. The van der Waals surface area contributed by atoms with E-state index in [2.05, 4.69) is 20.2 Å². The molecule has 3 aromatic rings. The third-order valence-corrected chi connectivity index (χ3v) is 4.91. The van der Waals surface area contributed by atoms with Crippen molar-refractivity contribution in [1.29, 1.82) is 5.26 Å². The molecule has 10 heteroatoms. The smallest absolute Gasteiger partial charge is 0.414 e. The monoisotopic (exact) mass is 479 g/mol. The third kappa shape index (κ3) is 5.99. The fraction of sp³-hybridized carbons (Fsp3) is 0.208. The molecule has 174 valence electrons. The van der Waals surface area contributed by atoms with E-state index in [9.17, 15) is 14.9 Å². The molecule has 2 aromatic carbocycles. The van der Waals surface area contributed by atoms with Gasteiger partial charge >= 0.3 is 6.09 Å². The number of ether oxygens (including phenoxy) is 2. The van der Waals surface area contributed by atoms with Crippen molar-refractivity contribution in [3.63, 3.8) is 0 Å². The number of hydrogen-bond acceptors (Lipinski definition) is 8. The molecule has 0 aliphatic carbocycles. The predicted octanol–water partition coefficient (Wildman–Crippen LogP) is 5.12. The van der Waals surface area contributed by atoms with Gasteiger partial charge in [0.25, 0.3) is 5.91 Å². The molecule has 1 aromatic heterocycles. The van der Waals surface area contributed by atoms with Gasteiger partial charge in [0.2, 0.25) is 5.71 Å². The minimum atomic E-state index is -0.990. The lowest BCUT2D eigenvalue weighted by molar-refractivity contribution is -0.114. The van der Waals surface area contributed by atoms with Crippen molar-refractivity contribution in [1.82, 2.24) is 10.3 Å². The molecule has 0 spiro atoms. The number of aryl methyl sites for hydroxylation is 2. The number of rotatable bonds is 7. The number of amides is 2. The zero-order valence-corrected chi connectivity index (χ0v) is 19.6. The number of nitrogens with one attached hydrogen (secondary N) is 2. The average molecular weight is 480 g/mol. The zero-order chi connectivity index (χ0) is 24.7. The minimum Gasteiger partial charge on any atom is -0.455 e. The van der Waals surface area contributed by atoms with Crippen LogP contribution in [-0.4, -0.2) is 29.3 Å². The molecule has 0 aliphatic rings. The van der Waals surface area contributed by atoms with Crippen molar-refractivity contribution in [3.05, 3.63) is 58.7 Å². The number of pyridine rings is 1. The summed E-state index contributed by atoms with van der Waals surface area (Å²) in [5.41, 5.74) is 5.08. The van der Waals surface area contributed by atoms with E-state index in [-0.39, 0.29) is 6.61 Å². The number of nitrogens with zero attached hydrogens (tertiary/aromatic N) is 3. The van der Waals surface area contributed by atoms with E-state index in [1.54, 1.807) is 25.1 Å². The van der Waals surface area contributed by atoms with E-state index in [0.717, 1.165) is 22.2 Å². The molecule has 0 saturated carbocycles. The van der Waals surface area contributed by atoms with Crippen LogP contribution in [0.25, 0.3) is 10.9 Å². The van der Waals surface area contributed by atoms with Gasteiger partial charge in [-0.3, -0.25) is 20.5 Å². The molecule has 34 heavy (non-hydrogen) atoms. The Morgan fingerprint density at radius 1 is 1.18 bits per heavy atom. The van der Waals surface area contributed by atoms with E-state index in [1.807, 2.05) is 49.5 Å². The number of halogens is 1. The van der Waals surface area contributed by atoms with Crippen LogP contribution in [0.5, 0.6) is 11.5 Å². The molecule has 0 radical (unpaired) electrons. The Kier molecular flexibility index (Phi) is 8.01. The quantitative estimate of drug-likeness (QED) is 0.356. The number of alkyl carbamates (subject to hydrolysis) is 1. The number of fused-ring (bicyclic) bond motifs is 1. The molecule has 2 amide bonds. The minimum absolute atomic E-state index is 0.0822. The topological polar surface area (TPSA) is 126 Å². The molecule has 0 fully saturated rings. The lowest BCUT2D eigenvalue weighted by atomic mass is 10.1. The normalized spacial score (nSPS) is 11.0. The van der Waals surface area contributed by atoms with Crippen molar-refractivity contribution >= 4 is 45.9 Å². The summed E-state index contributed by atoms with van der Waals surface area (Å²) in [6.45, 7) is 5.54. The number of carbonyl (C=O) groups excluding carboxylic acids is 2. The molecular formula is C24H22ClN5O4. The van der Waals surface area contributed by atoms with Gasteiger partial charge in [-0.15, -0.1) is 0 Å². The molecular weight excluding hydrogens is 458 g/mol. The first-order valence-corrected chi connectivity index (χ1v) is 10.8. The van der Waals surface area contributed by atoms with Gasteiger partial charge in [0.1, 0.15) is 17.6 Å². The Bertz CT molecular complexity index is 1320. The van der Waals surface area contributed by atoms with Gasteiger partial charge < -0.3 is 9.47 Å². The SMILES string of the molecule is CCOC(=O)NC(=O)/C(C#N)=N/Nc1cc(Cl)c(Oc2ccc3nc(C)ccc3c2)c(CC)c1. The second kappa shape index (κ2) is 11.1. The lowest BCUT2D eigenvalue weighted by Gasteiger charge is -2.14. The van der Waals surface area contributed by atoms with E-state index in [1.165, 1.54) is 0 Å². The second-order valence-electron chi connectivity index (χ2n) is 7.07.